The molecule has 0 heterocycles. The molecule has 0 aromatic heterocycles. The van der Waals surface area contributed by atoms with Gasteiger partial charge in [0.25, 0.3) is 0 Å². The lowest BCUT2D eigenvalue weighted by Crippen LogP contribution is -2.38. The van der Waals surface area contributed by atoms with Gasteiger partial charge in [-0.15, -0.1) is 6.58 Å². The maximum Gasteiger partial charge on any atom is 0.172 e. The Hall–Kier alpha value is -0.860. The van der Waals surface area contributed by atoms with Crippen LogP contribution in [0.1, 0.15) is 47.0 Å². The average molecular weight is 252 g/mol. The van der Waals surface area contributed by atoms with E-state index in [-0.39, 0.29) is 6.10 Å². The largest absolute Gasteiger partial charge is 0.346 e. The highest BCUT2D eigenvalue weighted by atomic mass is 16.7. The Morgan fingerprint density at radius 3 is 2.39 bits per heavy atom. The molecule has 0 aliphatic heterocycles. The molecule has 2 nitrogen and oxygen atoms in total. The van der Waals surface area contributed by atoms with Gasteiger partial charge in [-0.3, -0.25) is 0 Å². The molecule has 0 radical (unpaired) electrons. The Morgan fingerprint density at radius 1 is 1.22 bits per heavy atom. The van der Waals surface area contributed by atoms with Crippen LogP contribution in [-0.2, 0) is 9.47 Å². The van der Waals surface area contributed by atoms with Gasteiger partial charge in [0, 0.05) is 6.42 Å². The predicted octanol–water partition coefficient (Wildman–Crippen LogP) is 4.63. The normalized spacial score (nSPS) is 17.1. The average Bonchev–Trinajstić information content (AvgIpc) is 2.38. The molecule has 0 spiro atoms. The van der Waals surface area contributed by atoms with Crippen molar-refractivity contribution >= 4 is 0 Å². The number of ether oxygens (including phenoxy) is 2. The van der Waals surface area contributed by atoms with Crippen molar-refractivity contribution in [1.82, 2.24) is 0 Å². The third kappa shape index (κ3) is 6.18. The first-order chi connectivity index (χ1) is 8.67. The minimum atomic E-state index is -0.554. The molecule has 0 bridgehead atoms. The van der Waals surface area contributed by atoms with Crippen molar-refractivity contribution in [1.29, 1.82) is 0 Å². The van der Waals surface area contributed by atoms with E-state index in [1.807, 2.05) is 38.2 Å². The van der Waals surface area contributed by atoms with Crippen molar-refractivity contribution in [2.45, 2.75) is 58.8 Å². The van der Waals surface area contributed by atoms with Crippen LogP contribution in [-0.4, -0.2) is 18.5 Å². The molecule has 0 N–H and O–H groups in total. The quantitative estimate of drug-likeness (QED) is 0.417. The van der Waals surface area contributed by atoms with Gasteiger partial charge in [0.15, 0.2) is 5.79 Å². The van der Waals surface area contributed by atoms with Crippen molar-refractivity contribution in [3.63, 3.8) is 0 Å². The van der Waals surface area contributed by atoms with Crippen LogP contribution in [0.2, 0.25) is 0 Å². The maximum atomic E-state index is 6.15. The fourth-order valence-corrected chi connectivity index (χ4v) is 1.74. The first kappa shape index (κ1) is 17.1. The summed E-state index contributed by atoms with van der Waals surface area (Å²) in [6.45, 7) is 12.6. The van der Waals surface area contributed by atoms with Crippen LogP contribution in [0.5, 0.6) is 0 Å². The maximum absolute atomic E-state index is 6.15. The Labute approximate surface area is 112 Å². The summed E-state index contributed by atoms with van der Waals surface area (Å²) in [5, 5.41) is 0. The number of rotatable bonds is 10. The van der Waals surface area contributed by atoms with Gasteiger partial charge in [-0.1, -0.05) is 44.2 Å². The smallest absolute Gasteiger partial charge is 0.172 e. The fraction of sp³-hybridized carbons (Fsp3) is 0.625. The highest BCUT2D eigenvalue weighted by Crippen LogP contribution is 2.26. The van der Waals surface area contributed by atoms with Crippen LogP contribution in [0.15, 0.2) is 37.0 Å². The van der Waals surface area contributed by atoms with Crippen LogP contribution < -0.4 is 0 Å². The zero-order valence-electron chi connectivity index (χ0n) is 12.3. The molecule has 0 saturated heterocycles. The molecular formula is C16H28O2. The summed E-state index contributed by atoms with van der Waals surface area (Å²) in [5.74, 6) is -0.554. The topological polar surface area (TPSA) is 18.5 Å². The first-order valence-corrected chi connectivity index (χ1v) is 6.84. The molecule has 0 aromatic carbocycles. The zero-order chi connectivity index (χ0) is 13.9. The molecule has 0 aliphatic rings. The SMILES string of the molecule is C=CCC(CC)(OCC=CC)OC(C=CC)CC. The summed E-state index contributed by atoms with van der Waals surface area (Å²) >= 11 is 0. The molecule has 2 heteroatoms. The molecule has 0 rings (SSSR count). The second-order valence-corrected chi connectivity index (χ2v) is 4.23. The van der Waals surface area contributed by atoms with Crippen molar-refractivity contribution in [2.75, 3.05) is 6.61 Å². The number of hydrogen-bond acceptors (Lipinski definition) is 2. The van der Waals surface area contributed by atoms with Crippen LogP contribution in [0.3, 0.4) is 0 Å². The van der Waals surface area contributed by atoms with E-state index in [1.54, 1.807) is 0 Å². The minimum Gasteiger partial charge on any atom is -0.346 e. The Morgan fingerprint density at radius 2 is 1.94 bits per heavy atom. The van der Waals surface area contributed by atoms with Crippen LogP contribution in [0.25, 0.3) is 0 Å². The number of allylic oxidation sites excluding steroid dienone is 2. The van der Waals surface area contributed by atoms with E-state index < -0.39 is 5.79 Å². The van der Waals surface area contributed by atoms with Gasteiger partial charge in [0.1, 0.15) is 0 Å². The predicted molar refractivity (Wildman–Crippen MR) is 78.6 cm³/mol. The summed E-state index contributed by atoms with van der Waals surface area (Å²) in [6.07, 6.45) is 12.5. The van der Waals surface area contributed by atoms with Gasteiger partial charge in [0.2, 0.25) is 0 Å². The van der Waals surface area contributed by atoms with E-state index >= 15 is 0 Å². The van der Waals surface area contributed by atoms with E-state index in [9.17, 15) is 0 Å². The lowest BCUT2D eigenvalue weighted by Gasteiger charge is -2.34. The van der Waals surface area contributed by atoms with Crippen molar-refractivity contribution < 1.29 is 9.47 Å². The highest BCUT2D eigenvalue weighted by Gasteiger charge is 2.30. The van der Waals surface area contributed by atoms with Crippen molar-refractivity contribution in [3.8, 4) is 0 Å². The van der Waals surface area contributed by atoms with Gasteiger partial charge in [-0.25, -0.2) is 0 Å². The molecule has 104 valence electrons. The molecule has 0 aromatic rings. The monoisotopic (exact) mass is 252 g/mol. The molecule has 0 saturated carbocycles. The van der Waals surface area contributed by atoms with E-state index in [1.165, 1.54) is 0 Å². The Balaban J connectivity index is 4.75. The lowest BCUT2D eigenvalue weighted by atomic mass is 10.1. The lowest BCUT2D eigenvalue weighted by molar-refractivity contribution is -0.246. The third-order valence-electron chi connectivity index (χ3n) is 2.85. The zero-order valence-corrected chi connectivity index (χ0v) is 12.3. The van der Waals surface area contributed by atoms with Crippen molar-refractivity contribution in [3.05, 3.63) is 37.0 Å². The summed E-state index contributed by atoms with van der Waals surface area (Å²) < 4.78 is 12.1. The highest BCUT2D eigenvalue weighted by molar-refractivity contribution is 4.90. The summed E-state index contributed by atoms with van der Waals surface area (Å²) in [4.78, 5) is 0. The molecule has 18 heavy (non-hydrogen) atoms. The van der Waals surface area contributed by atoms with Crippen LogP contribution >= 0.6 is 0 Å². The van der Waals surface area contributed by atoms with Gasteiger partial charge >= 0.3 is 0 Å². The minimum absolute atomic E-state index is 0.0977. The molecule has 2 atom stereocenters. The Bertz CT molecular complexity index is 268. The molecule has 0 amide bonds. The van der Waals surface area contributed by atoms with Gasteiger partial charge in [-0.05, 0) is 26.7 Å². The van der Waals surface area contributed by atoms with E-state index in [2.05, 4.69) is 26.5 Å². The second-order valence-electron chi connectivity index (χ2n) is 4.23. The standard InChI is InChI=1S/C16H28O2/c1-6-11-14-17-16(10-5,13-8-3)18-15(9-4)12-7-2/h6-8,11-12,15H,3,9-10,13-14H2,1-2,4-5H3. The van der Waals surface area contributed by atoms with Crippen LogP contribution in [0.4, 0.5) is 0 Å². The molecule has 0 fully saturated rings. The molecule has 0 aliphatic carbocycles. The van der Waals surface area contributed by atoms with Crippen molar-refractivity contribution in [2.24, 2.45) is 0 Å². The fourth-order valence-electron chi connectivity index (χ4n) is 1.74. The summed E-state index contributed by atoms with van der Waals surface area (Å²) in [6, 6.07) is 0. The summed E-state index contributed by atoms with van der Waals surface area (Å²) in [7, 11) is 0. The second kappa shape index (κ2) is 10.1. The van der Waals surface area contributed by atoms with Crippen LogP contribution in [0, 0.1) is 0 Å². The van der Waals surface area contributed by atoms with Gasteiger partial charge in [-0.2, -0.15) is 0 Å². The first-order valence-electron chi connectivity index (χ1n) is 6.84. The van der Waals surface area contributed by atoms with E-state index in [0.717, 1.165) is 12.8 Å². The molecular weight excluding hydrogens is 224 g/mol. The van der Waals surface area contributed by atoms with Gasteiger partial charge in [0.05, 0.1) is 12.7 Å². The Kier molecular flexibility index (Phi) is 9.62. The number of hydrogen-bond donors (Lipinski definition) is 0. The van der Waals surface area contributed by atoms with E-state index in [4.69, 9.17) is 9.47 Å². The van der Waals surface area contributed by atoms with E-state index in [0.29, 0.717) is 13.0 Å². The third-order valence-corrected chi connectivity index (χ3v) is 2.85. The molecule has 2 unspecified atom stereocenters. The van der Waals surface area contributed by atoms with Gasteiger partial charge < -0.3 is 9.47 Å². The summed E-state index contributed by atoms with van der Waals surface area (Å²) in [5.41, 5.74) is 0.